The maximum Gasteiger partial charge on any atom is 0.306 e. The zero-order valence-corrected chi connectivity index (χ0v) is 11.5. The Hall–Kier alpha value is -0.940. The molecule has 0 saturated carbocycles. The molecule has 2 unspecified atom stereocenters. The van der Waals surface area contributed by atoms with Gasteiger partial charge in [-0.15, -0.1) is 0 Å². The molecule has 0 N–H and O–H groups in total. The van der Waals surface area contributed by atoms with Gasteiger partial charge in [0.1, 0.15) is 5.78 Å². The van der Waals surface area contributed by atoms with Crippen molar-refractivity contribution in [1.29, 1.82) is 0 Å². The minimum Gasteiger partial charge on any atom is -0.466 e. The Balaban J connectivity index is 2.25. The Bertz CT molecular complexity index is 283. The first-order valence-corrected chi connectivity index (χ1v) is 6.56. The van der Waals surface area contributed by atoms with Crippen LogP contribution in [0.25, 0.3) is 0 Å². The van der Waals surface area contributed by atoms with Gasteiger partial charge in [0.2, 0.25) is 0 Å². The minimum absolute atomic E-state index is 0.0874. The van der Waals surface area contributed by atoms with Crippen LogP contribution in [0.5, 0.6) is 0 Å². The van der Waals surface area contributed by atoms with Gasteiger partial charge in [-0.05, 0) is 20.8 Å². The van der Waals surface area contributed by atoms with Crippen LogP contribution in [-0.2, 0) is 19.1 Å². The van der Waals surface area contributed by atoms with Crippen LogP contribution in [0.15, 0.2) is 0 Å². The van der Waals surface area contributed by atoms with Crippen LogP contribution < -0.4 is 0 Å². The van der Waals surface area contributed by atoms with E-state index in [0.29, 0.717) is 13.2 Å². The summed E-state index contributed by atoms with van der Waals surface area (Å²) in [6.07, 6.45) is 0.763. The molecular weight excluding hydrogens is 234 g/mol. The number of carbonyl (C=O) groups excluding carboxylic acids is 2. The molecule has 1 aliphatic heterocycles. The molecule has 18 heavy (non-hydrogen) atoms. The van der Waals surface area contributed by atoms with E-state index in [4.69, 9.17) is 9.47 Å². The number of Topliss-reactive ketones (excluding diaryl/α,β-unsaturated/α-hetero) is 1. The standard InChI is InChI=1S/C13H23NO4/c1-4-17-13(16)6-5-12(15)9-14-7-10(2)18-11(3)8-14/h10-11H,4-9H2,1-3H3. The molecule has 2 atom stereocenters. The highest BCUT2D eigenvalue weighted by molar-refractivity contribution is 5.84. The summed E-state index contributed by atoms with van der Waals surface area (Å²) in [4.78, 5) is 25.0. The van der Waals surface area contributed by atoms with Gasteiger partial charge in [0.25, 0.3) is 0 Å². The molecule has 0 spiro atoms. The lowest BCUT2D eigenvalue weighted by Gasteiger charge is -2.34. The van der Waals surface area contributed by atoms with Gasteiger partial charge in [-0.2, -0.15) is 0 Å². The summed E-state index contributed by atoms with van der Waals surface area (Å²) in [6, 6.07) is 0. The van der Waals surface area contributed by atoms with Gasteiger partial charge in [-0.3, -0.25) is 14.5 Å². The van der Waals surface area contributed by atoms with E-state index < -0.39 is 0 Å². The summed E-state index contributed by atoms with van der Waals surface area (Å²) < 4.78 is 10.4. The van der Waals surface area contributed by atoms with Gasteiger partial charge in [-0.1, -0.05) is 0 Å². The second-order valence-electron chi connectivity index (χ2n) is 4.80. The van der Waals surface area contributed by atoms with Gasteiger partial charge >= 0.3 is 5.97 Å². The smallest absolute Gasteiger partial charge is 0.306 e. The van der Waals surface area contributed by atoms with Crippen LogP contribution in [0.3, 0.4) is 0 Å². The number of ketones is 1. The highest BCUT2D eigenvalue weighted by Crippen LogP contribution is 2.10. The molecule has 0 amide bonds. The summed E-state index contributed by atoms with van der Waals surface area (Å²) in [6.45, 7) is 8.08. The lowest BCUT2D eigenvalue weighted by molar-refractivity contribution is -0.144. The summed E-state index contributed by atoms with van der Waals surface area (Å²) in [5.41, 5.74) is 0. The summed E-state index contributed by atoms with van der Waals surface area (Å²) in [5, 5.41) is 0. The van der Waals surface area contributed by atoms with Gasteiger partial charge in [-0.25, -0.2) is 0 Å². The molecule has 104 valence electrons. The molecule has 0 aromatic rings. The van der Waals surface area contributed by atoms with Crippen LogP contribution in [-0.4, -0.2) is 55.1 Å². The zero-order chi connectivity index (χ0) is 13.5. The van der Waals surface area contributed by atoms with Crippen molar-refractivity contribution in [3.8, 4) is 0 Å². The van der Waals surface area contributed by atoms with Crippen molar-refractivity contribution in [2.45, 2.75) is 45.8 Å². The first-order valence-electron chi connectivity index (χ1n) is 6.56. The van der Waals surface area contributed by atoms with Crippen molar-refractivity contribution >= 4 is 11.8 Å². The molecule has 1 aliphatic rings. The van der Waals surface area contributed by atoms with Crippen LogP contribution in [0.4, 0.5) is 0 Å². The third-order valence-corrected chi connectivity index (χ3v) is 2.81. The molecule has 1 rings (SSSR count). The number of rotatable bonds is 6. The SMILES string of the molecule is CCOC(=O)CCC(=O)CN1CC(C)OC(C)C1. The van der Waals surface area contributed by atoms with Crippen molar-refractivity contribution in [2.24, 2.45) is 0 Å². The highest BCUT2D eigenvalue weighted by Gasteiger charge is 2.23. The van der Waals surface area contributed by atoms with Crippen LogP contribution in [0.1, 0.15) is 33.6 Å². The number of esters is 1. The number of ether oxygens (including phenoxy) is 2. The molecule has 0 bridgehead atoms. The molecule has 1 saturated heterocycles. The van der Waals surface area contributed by atoms with E-state index in [0.717, 1.165) is 13.1 Å². The minimum atomic E-state index is -0.297. The lowest BCUT2D eigenvalue weighted by atomic mass is 10.1. The zero-order valence-electron chi connectivity index (χ0n) is 11.5. The molecule has 5 nitrogen and oxygen atoms in total. The summed E-state index contributed by atoms with van der Waals surface area (Å²) in [5.74, 6) is -0.209. The third kappa shape index (κ3) is 5.60. The van der Waals surface area contributed by atoms with Crippen LogP contribution >= 0.6 is 0 Å². The number of carbonyl (C=O) groups is 2. The third-order valence-electron chi connectivity index (χ3n) is 2.81. The Labute approximate surface area is 108 Å². The van der Waals surface area contributed by atoms with E-state index in [-0.39, 0.29) is 36.8 Å². The number of morpholine rings is 1. The second-order valence-corrected chi connectivity index (χ2v) is 4.80. The molecule has 0 radical (unpaired) electrons. The summed E-state index contributed by atoms with van der Waals surface area (Å²) >= 11 is 0. The largest absolute Gasteiger partial charge is 0.466 e. The fourth-order valence-electron chi connectivity index (χ4n) is 2.22. The summed E-state index contributed by atoms with van der Waals surface area (Å²) in [7, 11) is 0. The van der Waals surface area contributed by atoms with E-state index in [2.05, 4.69) is 4.90 Å². The average Bonchev–Trinajstić information content (AvgIpc) is 2.25. The van der Waals surface area contributed by atoms with Gasteiger partial charge in [0.05, 0.1) is 31.8 Å². The lowest BCUT2D eigenvalue weighted by Crippen LogP contribution is -2.47. The Kier molecular flexibility index (Phi) is 6.29. The van der Waals surface area contributed by atoms with Crippen molar-refractivity contribution < 1.29 is 19.1 Å². The first-order chi connectivity index (χ1) is 8.51. The van der Waals surface area contributed by atoms with Crippen LogP contribution in [0.2, 0.25) is 0 Å². The van der Waals surface area contributed by atoms with Crippen molar-refractivity contribution in [2.75, 3.05) is 26.2 Å². The van der Waals surface area contributed by atoms with E-state index in [1.165, 1.54) is 0 Å². The monoisotopic (exact) mass is 257 g/mol. The first kappa shape index (κ1) is 15.1. The van der Waals surface area contributed by atoms with E-state index >= 15 is 0 Å². The fraction of sp³-hybridized carbons (Fsp3) is 0.846. The Morgan fingerprint density at radius 2 is 1.83 bits per heavy atom. The van der Waals surface area contributed by atoms with Crippen molar-refractivity contribution in [3.05, 3.63) is 0 Å². The van der Waals surface area contributed by atoms with E-state index in [1.54, 1.807) is 6.92 Å². The molecule has 1 fully saturated rings. The average molecular weight is 257 g/mol. The Morgan fingerprint density at radius 1 is 1.22 bits per heavy atom. The molecule has 1 heterocycles. The molecule has 0 aromatic carbocycles. The van der Waals surface area contributed by atoms with Crippen molar-refractivity contribution in [3.63, 3.8) is 0 Å². The molecular formula is C13H23NO4. The highest BCUT2D eigenvalue weighted by atomic mass is 16.5. The number of hydrogen-bond donors (Lipinski definition) is 0. The molecule has 0 aliphatic carbocycles. The van der Waals surface area contributed by atoms with Crippen LogP contribution in [0, 0.1) is 0 Å². The maximum absolute atomic E-state index is 11.7. The predicted octanol–water partition coefficient (Wildman–Crippen LogP) is 1.01. The van der Waals surface area contributed by atoms with E-state index in [9.17, 15) is 9.59 Å². The maximum atomic E-state index is 11.7. The van der Waals surface area contributed by atoms with Gasteiger partial charge in [0, 0.05) is 19.5 Å². The van der Waals surface area contributed by atoms with E-state index in [1.807, 2.05) is 13.8 Å². The fourth-order valence-corrected chi connectivity index (χ4v) is 2.22. The van der Waals surface area contributed by atoms with Crippen molar-refractivity contribution in [1.82, 2.24) is 4.90 Å². The molecule has 5 heteroatoms. The van der Waals surface area contributed by atoms with Gasteiger partial charge in [0.15, 0.2) is 0 Å². The number of nitrogens with zero attached hydrogens (tertiary/aromatic N) is 1. The topological polar surface area (TPSA) is 55.8 Å². The molecule has 0 aromatic heterocycles. The predicted molar refractivity (Wildman–Crippen MR) is 67.3 cm³/mol. The normalized spacial score (nSPS) is 24.8. The second kappa shape index (κ2) is 7.48. The van der Waals surface area contributed by atoms with Gasteiger partial charge < -0.3 is 9.47 Å². The quantitative estimate of drug-likeness (QED) is 0.665. The Morgan fingerprint density at radius 3 is 2.39 bits per heavy atom. The number of hydrogen-bond acceptors (Lipinski definition) is 5.